The molecule has 0 saturated heterocycles. The Hall–Kier alpha value is -1.88. The highest BCUT2D eigenvalue weighted by molar-refractivity contribution is 5.87. The molecule has 102 valence electrons. The maximum absolute atomic E-state index is 12.2. The summed E-state index contributed by atoms with van der Waals surface area (Å²) in [4.78, 5) is 21.2. The van der Waals surface area contributed by atoms with Crippen LogP contribution in [0.25, 0.3) is 11.0 Å². The number of rotatable bonds is 6. The third-order valence-corrected chi connectivity index (χ3v) is 3.09. The van der Waals surface area contributed by atoms with Crippen molar-refractivity contribution in [3.05, 3.63) is 30.1 Å². The first kappa shape index (κ1) is 13.5. The molecule has 2 rings (SSSR count). The van der Waals surface area contributed by atoms with Crippen LogP contribution in [0.2, 0.25) is 0 Å². The Kier molecular flexibility index (Phi) is 4.52. The molecule has 5 heteroatoms. The molecule has 0 aliphatic heterocycles. The number of H-pyrrole nitrogens is 1. The van der Waals surface area contributed by atoms with Crippen molar-refractivity contribution < 1.29 is 9.90 Å². The molecule has 2 N–H and O–H groups in total. The number of aromatic nitrogens is 2. The van der Waals surface area contributed by atoms with Gasteiger partial charge in [-0.1, -0.05) is 6.92 Å². The monoisotopic (exact) mass is 261 g/mol. The van der Waals surface area contributed by atoms with Gasteiger partial charge in [0.05, 0.1) is 13.0 Å². The Morgan fingerprint density at radius 1 is 1.47 bits per heavy atom. The molecule has 2 aromatic rings. The lowest BCUT2D eigenvalue weighted by Crippen LogP contribution is -2.35. The number of amides is 1. The van der Waals surface area contributed by atoms with E-state index in [1.165, 1.54) is 0 Å². The molecule has 0 spiro atoms. The number of aromatic amines is 1. The van der Waals surface area contributed by atoms with Crippen LogP contribution in [0.3, 0.4) is 0 Å². The number of carbonyl (C=O) groups excluding carboxylic acids is 1. The molecule has 0 aromatic carbocycles. The number of aliphatic hydroxyl groups excluding tert-OH is 1. The van der Waals surface area contributed by atoms with E-state index in [4.69, 9.17) is 5.11 Å². The lowest BCUT2D eigenvalue weighted by molar-refractivity contribution is -0.131. The van der Waals surface area contributed by atoms with E-state index in [2.05, 4.69) is 9.97 Å². The normalized spacial score (nSPS) is 10.8. The molecule has 0 fully saturated rings. The van der Waals surface area contributed by atoms with Gasteiger partial charge in [-0.05, 0) is 24.1 Å². The van der Waals surface area contributed by atoms with Gasteiger partial charge >= 0.3 is 0 Å². The van der Waals surface area contributed by atoms with Crippen molar-refractivity contribution >= 4 is 16.9 Å². The van der Waals surface area contributed by atoms with Crippen molar-refractivity contribution in [2.75, 3.05) is 19.7 Å². The molecule has 2 aromatic heterocycles. The minimum absolute atomic E-state index is 0.00117. The fourth-order valence-electron chi connectivity index (χ4n) is 2.19. The first-order chi connectivity index (χ1) is 9.26. The second kappa shape index (κ2) is 6.33. The predicted molar refractivity (Wildman–Crippen MR) is 73.8 cm³/mol. The molecular weight excluding hydrogens is 242 g/mol. The summed E-state index contributed by atoms with van der Waals surface area (Å²) in [6.45, 7) is 3.10. The van der Waals surface area contributed by atoms with E-state index in [0.29, 0.717) is 19.5 Å². The van der Waals surface area contributed by atoms with Crippen molar-refractivity contribution in [1.82, 2.24) is 14.9 Å². The summed E-state index contributed by atoms with van der Waals surface area (Å²) in [5.74, 6) is 0.0423. The first-order valence-corrected chi connectivity index (χ1v) is 6.56. The van der Waals surface area contributed by atoms with Gasteiger partial charge in [0, 0.05) is 30.9 Å². The Labute approximate surface area is 112 Å². The quantitative estimate of drug-likeness (QED) is 0.824. The van der Waals surface area contributed by atoms with Crippen LogP contribution in [0.15, 0.2) is 24.5 Å². The van der Waals surface area contributed by atoms with Gasteiger partial charge in [0.25, 0.3) is 0 Å². The lowest BCUT2D eigenvalue weighted by atomic mass is 10.1. The molecule has 0 atom stereocenters. The standard InChI is InChI=1S/C14H19N3O2/c1-2-6-17(7-8-18)13(19)9-11-10-16-14-12(11)4-3-5-15-14/h3-5,10,18H,2,6-9H2,1H3,(H,15,16). The van der Waals surface area contributed by atoms with Gasteiger partial charge in [-0.3, -0.25) is 4.79 Å². The van der Waals surface area contributed by atoms with E-state index in [0.717, 1.165) is 23.0 Å². The van der Waals surface area contributed by atoms with Gasteiger partial charge in [0.1, 0.15) is 5.65 Å². The molecule has 0 aliphatic carbocycles. The molecule has 2 heterocycles. The van der Waals surface area contributed by atoms with E-state index in [9.17, 15) is 4.79 Å². The van der Waals surface area contributed by atoms with Crippen LogP contribution in [-0.2, 0) is 11.2 Å². The molecule has 0 unspecified atom stereocenters. The SMILES string of the molecule is CCCN(CCO)C(=O)Cc1c[nH]c2ncccc12. The summed E-state index contributed by atoms with van der Waals surface area (Å²) in [5.41, 5.74) is 1.75. The fraction of sp³-hybridized carbons (Fsp3) is 0.429. The summed E-state index contributed by atoms with van der Waals surface area (Å²) in [6.07, 6.45) is 4.78. The second-order valence-electron chi connectivity index (χ2n) is 4.49. The topological polar surface area (TPSA) is 69.2 Å². The molecule has 0 aliphatic rings. The highest BCUT2D eigenvalue weighted by Crippen LogP contribution is 2.16. The summed E-state index contributed by atoms with van der Waals surface area (Å²) < 4.78 is 0. The fourth-order valence-corrected chi connectivity index (χ4v) is 2.19. The van der Waals surface area contributed by atoms with Crippen molar-refractivity contribution in [3.63, 3.8) is 0 Å². The zero-order valence-corrected chi connectivity index (χ0v) is 11.1. The maximum atomic E-state index is 12.2. The largest absolute Gasteiger partial charge is 0.395 e. The Morgan fingerprint density at radius 3 is 3.05 bits per heavy atom. The first-order valence-electron chi connectivity index (χ1n) is 6.56. The number of hydrogen-bond donors (Lipinski definition) is 2. The lowest BCUT2D eigenvalue weighted by Gasteiger charge is -2.20. The Balaban J connectivity index is 2.13. The van der Waals surface area contributed by atoms with Crippen molar-refractivity contribution in [1.29, 1.82) is 0 Å². The molecule has 5 nitrogen and oxygen atoms in total. The maximum Gasteiger partial charge on any atom is 0.227 e. The number of aliphatic hydroxyl groups is 1. The molecule has 0 bridgehead atoms. The van der Waals surface area contributed by atoms with Crippen LogP contribution < -0.4 is 0 Å². The number of hydrogen-bond acceptors (Lipinski definition) is 3. The number of nitrogens with zero attached hydrogens (tertiary/aromatic N) is 2. The zero-order valence-electron chi connectivity index (χ0n) is 11.1. The number of carbonyl (C=O) groups is 1. The second-order valence-corrected chi connectivity index (χ2v) is 4.49. The smallest absolute Gasteiger partial charge is 0.227 e. The van der Waals surface area contributed by atoms with Gasteiger partial charge < -0.3 is 15.0 Å². The van der Waals surface area contributed by atoms with Crippen LogP contribution in [-0.4, -0.2) is 45.6 Å². The summed E-state index contributed by atoms with van der Waals surface area (Å²) >= 11 is 0. The van der Waals surface area contributed by atoms with Crippen molar-refractivity contribution in [2.45, 2.75) is 19.8 Å². The van der Waals surface area contributed by atoms with Crippen LogP contribution >= 0.6 is 0 Å². The number of nitrogens with one attached hydrogen (secondary N) is 1. The third kappa shape index (κ3) is 3.12. The predicted octanol–water partition coefficient (Wildman–Crippen LogP) is 1.34. The average Bonchev–Trinajstić information content (AvgIpc) is 2.82. The van der Waals surface area contributed by atoms with Gasteiger partial charge in [-0.2, -0.15) is 0 Å². The molecule has 1 amide bonds. The van der Waals surface area contributed by atoms with E-state index >= 15 is 0 Å². The van der Waals surface area contributed by atoms with Gasteiger partial charge in [-0.15, -0.1) is 0 Å². The molecule has 0 radical (unpaired) electrons. The number of pyridine rings is 1. The van der Waals surface area contributed by atoms with Crippen molar-refractivity contribution in [2.24, 2.45) is 0 Å². The Bertz CT molecular complexity index is 544. The average molecular weight is 261 g/mol. The molecule has 19 heavy (non-hydrogen) atoms. The summed E-state index contributed by atoms with van der Waals surface area (Å²) in [7, 11) is 0. The van der Waals surface area contributed by atoms with E-state index in [1.54, 1.807) is 11.1 Å². The van der Waals surface area contributed by atoms with E-state index in [-0.39, 0.29) is 12.5 Å². The van der Waals surface area contributed by atoms with Crippen LogP contribution in [0.5, 0.6) is 0 Å². The van der Waals surface area contributed by atoms with Gasteiger partial charge in [0.2, 0.25) is 5.91 Å². The van der Waals surface area contributed by atoms with Gasteiger partial charge in [-0.25, -0.2) is 4.98 Å². The minimum Gasteiger partial charge on any atom is -0.395 e. The zero-order chi connectivity index (χ0) is 13.7. The molecule has 0 saturated carbocycles. The van der Waals surface area contributed by atoms with E-state index < -0.39 is 0 Å². The minimum atomic E-state index is 0.00117. The highest BCUT2D eigenvalue weighted by atomic mass is 16.3. The van der Waals surface area contributed by atoms with Crippen LogP contribution in [0.4, 0.5) is 0 Å². The third-order valence-electron chi connectivity index (χ3n) is 3.09. The summed E-state index contributed by atoms with van der Waals surface area (Å²) in [6, 6.07) is 3.82. The van der Waals surface area contributed by atoms with E-state index in [1.807, 2.05) is 25.3 Å². The number of fused-ring (bicyclic) bond motifs is 1. The van der Waals surface area contributed by atoms with Gasteiger partial charge in [0.15, 0.2) is 0 Å². The Morgan fingerprint density at radius 2 is 2.32 bits per heavy atom. The highest BCUT2D eigenvalue weighted by Gasteiger charge is 2.15. The van der Waals surface area contributed by atoms with Crippen LogP contribution in [0.1, 0.15) is 18.9 Å². The molecular formula is C14H19N3O2. The van der Waals surface area contributed by atoms with Crippen molar-refractivity contribution in [3.8, 4) is 0 Å². The van der Waals surface area contributed by atoms with Crippen LogP contribution in [0, 0.1) is 0 Å². The summed E-state index contributed by atoms with van der Waals surface area (Å²) in [5, 5.41) is 9.98.